The second-order valence-corrected chi connectivity index (χ2v) is 4.30. The van der Waals surface area contributed by atoms with Crippen molar-refractivity contribution >= 4 is 17.4 Å². The predicted octanol–water partition coefficient (Wildman–Crippen LogP) is 3.42. The van der Waals surface area contributed by atoms with Crippen LogP contribution in [0.15, 0.2) is 30.9 Å². The molecule has 0 amide bonds. The molecule has 0 radical (unpaired) electrons. The number of nitrogen functional groups attached to an aromatic ring is 1. The summed E-state index contributed by atoms with van der Waals surface area (Å²) in [7, 11) is 0. The first-order valence-electron chi connectivity index (χ1n) is 5.44. The first kappa shape index (κ1) is 12.6. The van der Waals surface area contributed by atoms with Crippen LogP contribution in [0.3, 0.4) is 0 Å². The SMILES string of the molecule is C=CCn1c(C)nc(-c2c(F)cccc2Cl)c1N. The van der Waals surface area contributed by atoms with Gasteiger partial charge in [0, 0.05) is 6.54 Å². The zero-order valence-corrected chi connectivity index (χ0v) is 10.7. The van der Waals surface area contributed by atoms with Gasteiger partial charge < -0.3 is 10.3 Å². The van der Waals surface area contributed by atoms with Crippen molar-refractivity contribution in [2.24, 2.45) is 0 Å². The lowest BCUT2D eigenvalue weighted by Crippen LogP contribution is -2.03. The van der Waals surface area contributed by atoms with Crippen LogP contribution in [0.4, 0.5) is 10.2 Å². The molecule has 0 fully saturated rings. The van der Waals surface area contributed by atoms with E-state index in [-0.39, 0.29) is 5.56 Å². The molecule has 94 valence electrons. The highest BCUT2D eigenvalue weighted by atomic mass is 35.5. The fourth-order valence-corrected chi connectivity index (χ4v) is 2.10. The third kappa shape index (κ3) is 1.99. The molecule has 2 aromatic rings. The average molecular weight is 266 g/mol. The molecule has 0 aliphatic heterocycles. The zero-order valence-electron chi connectivity index (χ0n) is 9.95. The molecule has 0 bridgehead atoms. The molecule has 1 heterocycles. The molecule has 0 saturated heterocycles. The number of rotatable bonds is 3. The van der Waals surface area contributed by atoms with Crippen LogP contribution >= 0.6 is 11.6 Å². The van der Waals surface area contributed by atoms with E-state index in [0.717, 1.165) is 0 Å². The Bertz CT molecular complexity index is 584. The zero-order chi connectivity index (χ0) is 13.3. The maximum atomic E-state index is 13.8. The van der Waals surface area contributed by atoms with Gasteiger partial charge in [-0.15, -0.1) is 6.58 Å². The maximum absolute atomic E-state index is 13.8. The summed E-state index contributed by atoms with van der Waals surface area (Å²) in [5.74, 6) is 0.651. The van der Waals surface area contributed by atoms with Crippen molar-refractivity contribution in [3.63, 3.8) is 0 Å². The number of hydrogen-bond donors (Lipinski definition) is 1. The Labute approximate surface area is 110 Å². The monoisotopic (exact) mass is 265 g/mol. The molecular weight excluding hydrogens is 253 g/mol. The van der Waals surface area contributed by atoms with Crippen LogP contribution in [-0.2, 0) is 6.54 Å². The lowest BCUT2D eigenvalue weighted by Gasteiger charge is -2.06. The van der Waals surface area contributed by atoms with Gasteiger partial charge in [-0.05, 0) is 19.1 Å². The normalized spacial score (nSPS) is 10.6. The van der Waals surface area contributed by atoms with Crippen LogP contribution < -0.4 is 5.73 Å². The van der Waals surface area contributed by atoms with Gasteiger partial charge in [-0.2, -0.15) is 0 Å². The standard InChI is InChI=1S/C13H13ClFN3/c1-3-7-18-8(2)17-12(13(18)16)11-9(14)5-4-6-10(11)15/h3-6H,1,7,16H2,2H3. The second-order valence-electron chi connectivity index (χ2n) is 3.89. The molecule has 3 nitrogen and oxygen atoms in total. The Morgan fingerprint density at radius 1 is 1.56 bits per heavy atom. The van der Waals surface area contributed by atoms with Crippen molar-refractivity contribution in [2.75, 3.05) is 5.73 Å². The van der Waals surface area contributed by atoms with Gasteiger partial charge in [0.05, 0.1) is 10.6 Å². The highest BCUT2D eigenvalue weighted by Crippen LogP contribution is 2.34. The molecule has 1 aromatic carbocycles. The number of aromatic nitrogens is 2. The first-order chi connectivity index (χ1) is 8.56. The molecule has 2 N–H and O–H groups in total. The van der Waals surface area contributed by atoms with Crippen molar-refractivity contribution in [3.8, 4) is 11.3 Å². The maximum Gasteiger partial charge on any atom is 0.134 e. The minimum absolute atomic E-state index is 0.238. The molecule has 0 spiro atoms. The summed E-state index contributed by atoms with van der Waals surface area (Å²) < 4.78 is 15.6. The van der Waals surface area contributed by atoms with E-state index < -0.39 is 5.82 Å². The lowest BCUT2D eigenvalue weighted by molar-refractivity contribution is 0.631. The number of nitrogens with zero attached hydrogens (tertiary/aromatic N) is 2. The van der Waals surface area contributed by atoms with Crippen molar-refractivity contribution in [3.05, 3.63) is 47.5 Å². The smallest absolute Gasteiger partial charge is 0.134 e. The molecule has 18 heavy (non-hydrogen) atoms. The lowest BCUT2D eigenvalue weighted by atomic mass is 10.1. The summed E-state index contributed by atoms with van der Waals surface area (Å²) in [6.45, 7) is 5.98. The fraction of sp³-hybridized carbons (Fsp3) is 0.154. The van der Waals surface area contributed by atoms with Crippen LogP contribution in [0.25, 0.3) is 11.3 Å². The molecule has 0 unspecified atom stereocenters. The summed E-state index contributed by atoms with van der Waals surface area (Å²) in [6.07, 6.45) is 1.71. The highest BCUT2D eigenvalue weighted by Gasteiger charge is 2.18. The molecular formula is C13H13ClFN3. The predicted molar refractivity (Wildman–Crippen MR) is 72.0 cm³/mol. The molecule has 2 rings (SSSR count). The first-order valence-corrected chi connectivity index (χ1v) is 5.82. The summed E-state index contributed by atoms with van der Waals surface area (Å²) in [5.41, 5.74) is 6.60. The van der Waals surface area contributed by atoms with Crippen LogP contribution in [0.5, 0.6) is 0 Å². The van der Waals surface area contributed by atoms with Gasteiger partial charge in [0.1, 0.15) is 23.2 Å². The van der Waals surface area contributed by atoms with Gasteiger partial charge in [-0.3, -0.25) is 0 Å². The van der Waals surface area contributed by atoms with Gasteiger partial charge >= 0.3 is 0 Å². The number of aryl methyl sites for hydroxylation is 1. The van der Waals surface area contributed by atoms with Crippen LogP contribution in [0, 0.1) is 12.7 Å². The number of imidazole rings is 1. The molecule has 0 aliphatic rings. The highest BCUT2D eigenvalue weighted by molar-refractivity contribution is 6.33. The van der Waals surface area contributed by atoms with Crippen molar-refractivity contribution in [2.45, 2.75) is 13.5 Å². The molecule has 0 aliphatic carbocycles. The van der Waals surface area contributed by atoms with E-state index >= 15 is 0 Å². The van der Waals surface area contributed by atoms with Crippen molar-refractivity contribution in [1.29, 1.82) is 0 Å². The minimum atomic E-state index is -0.433. The second kappa shape index (κ2) is 4.82. The summed E-state index contributed by atoms with van der Waals surface area (Å²) in [5, 5.41) is 0.296. The van der Waals surface area contributed by atoms with Gasteiger partial charge in [-0.25, -0.2) is 9.37 Å². The van der Waals surface area contributed by atoms with Gasteiger partial charge in [0.15, 0.2) is 0 Å². The topological polar surface area (TPSA) is 43.8 Å². The van der Waals surface area contributed by atoms with Gasteiger partial charge in [0.2, 0.25) is 0 Å². The molecule has 0 atom stereocenters. The number of hydrogen-bond acceptors (Lipinski definition) is 2. The largest absolute Gasteiger partial charge is 0.383 e. The van der Waals surface area contributed by atoms with Crippen LogP contribution in [0.1, 0.15) is 5.82 Å². The number of anilines is 1. The van der Waals surface area contributed by atoms with E-state index in [1.165, 1.54) is 6.07 Å². The quantitative estimate of drug-likeness (QED) is 0.864. The van der Waals surface area contributed by atoms with E-state index in [1.54, 1.807) is 29.7 Å². The number of allylic oxidation sites excluding steroid dienone is 1. The van der Waals surface area contributed by atoms with E-state index in [0.29, 0.717) is 28.9 Å². The van der Waals surface area contributed by atoms with Gasteiger partial charge in [-0.1, -0.05) is 23.7 Å². The van der Waals surface area contributed by atoms with E-state index in [4.69, 9.17) is 17.3 Å². The third-order valence-electron chi connectivity index (χ3n) is 2.71. The third-order valence-corrected chi connectivity index (χ3v) is 3.02. The van der Waals surface area contributed by atoms with E-state index in [9.17, 15) is 4.39 Å². The van der Waals surface area contributed by atoms with Crippen LogP contribution in [0.2, 0.25) is 5.02 Å². The Morgan fingerprint density at radius 3 is 2.89 bits per heavy atom. The average Bonchev–Trinajstić information content (AvgIpc) is 2.58. The summed E-state index contributed by atoms with van der Waals surface area (Å²) in [4.78, 5) is 4.29. The number of halogens is 2. The van der Waals surface area contributed by atoms with Gasteiger partial charge in [0.25, 0.3) is 0 Å². The van der Waals surface area contributed by atoms with Crippen molar-refractivity contribution in [1.82, 2.24) is 9.55 Å². The Balaban J connectivity index is 2.65. The summed E-state index contributed by atoms with van der Waals surface area (Å²) >= 11 is 6.01. The Kier molecular flexibility index (Phi) is 3.39. The Hall–Kier alpha value is -1.81. The van der Waals surface area contributed by atoms with E-state index in [2.05, 4.69) is 11.6 Å². The molecule has 0 saturated carbocycles. The van der Waals surface area contributed by atoms with Crippen molar-refractivity contribution < 1.29 is 4.39 Å². The fourth-order valence-electron chi connectivity index (χ4n) is 1.85. The van der Waals surface area contributed by atoms with Crippen LogP contribution in [-0.4, -0.2) is 9.55 Å². The number of benzene rings is 1. The summed E-state index contributed by atoms with van der Waals surface area (Å²) in [6, 6.07) is 4.49. The molecule has 5 heteroatoms. The molecule has 1 aromatic heterocycles. The Morgan fingerprint density at radius 2 is 2.28 bits per heavy atom. The minimum Gasteiger partial charge on any atom is -0.383 e. The number of nitrogens with two attached hydrogens (primary N) is 1. The van der Waals surface area contributed by atoms with E-state index in [1.807, 2.05) is 0 Å².